The van der Waals surface area contributed by atoms with Crippen LogP contribution < -0.4 is 9.47 Å². The van der Waals surface area contributed by atoms with Crippen LogP contribution in [0.25, 0.3) is 21.2 Å². The van der Waals surface area contributed by atoms with Crippen molar-refractivity contribution in [3.8, 4) is 27.8 Å². The molecule has 234 valence electrons. The van der Waals surface area contributed by atoms with Gasteiger partial charge in [-0.1, -0.05) is 24.3 Å². The number of thiol groups is 1. The van der Waals surface area contributed by atoms with Crippen LogP contribution in [-0.2, 0) is 32.4 Å². The average molecular weight is 654 g/mol. The number of sulfone groups is 1. The number of rotatable bonds is 11. The molecular formula is C34H37O7S3-. The van der Waals surface area contributed by atoms with Crippen molar-refractivity contribution < 1.29 is 32.9 Å². The first-order chi connectivity index (χ1) is 21.0. The Balaban J connectivity index is 1.25. The Labute approximate surface area is 266 Å². The summed E-state index contributed by atoms with van der Waals surface area (Å²) in [4.78, 5) is 11.3. The number of fused-ring (bicyclic) bond motifs is 1. The van der Waals surface area contributed by atoms with Crippen molar-refractivity contribution in [1.82, 2.24) is 0 Å². The van der Waals surface area contributed by atoms with Gasteiger partial charge < -0.3 is 36.0 Å². The maximum absolute atomic E-state index is 11.7. The molecule has 7 nitrogen and oxygen atoms in total. The van der Waals surface area contributed by atoms with E-state index in [0.29, 0.717) is 12.4 Å². The summed E-state index contributed by atoms with van der Waals surface area (Å²) in [6, 6.07) is 19.9. The molecule has 0 bridgehead atoms. The molecule has 0 saturated carbocycles. The highest BCUT2D eigenvalue weighted by Gasteiger charge is 2.36. The van der Waals surface area contributed by atoms with Crippen LogP contribution in [0.5, 0.6) is 11.5 Å². The van der Waals surface area contributed by atoms with E-state index in [1.807, 2.05) is 56.3 Å². The highest BCUT2D eigenvalue weighted by molar-refractivity contribution is 7.91. The lowest BCUT2D eigenvalue weighted by Gasteiger charge is -2.31. The summed E-state index contributed by atoms with van der Waals surface area (Å²) < 4.78 is 36.7. The Morgan fingerprint density at radius 1 is 1.02 bits per heavy atom. The number of hydrogen-bond donors (Lipinski definition) is 2. The number of carboxylic acids is 1. The summed E-state index contributed by atoms with van der Waals surface area (Å²) in [5.74, 6) is 1.19. The quantitative estimate of drug-likeness (QED) is 0.148. The van der Waals surface area contributed by atoms with E-state index in [1.54, 1.807) is 11.3 Å². The maximum Gasteiger partial charge on any atom is 0.303 e. The number of carboxylic acid groups (broad SMARTS) is 1. The van der Waals surface area contributed by atoms with Crippen LogP contribution in [-0.4, -0.2) is 54.1 Å². The van der Waals surface area contributed by atoms with Gasteiger partial charge in [0.2, 0.25) is 0 Å². The minimum absolute atomic E-state index is 0.0125. The summed E-state index contributed by atoms with van der Waals surface area (Å²) in [5.41, 5.74) is 4.15. The van der Waals surface area contributed by atoms with Crippen LogP contribution in [0, 0.1) is 12.1 Å². The summed E-state index contributed by atoms with van der Waals surface area (Å²) in [5, 5.41) is 26.4. The monoisotopic (exact) mass is 653 g/mol. The third-order valence-electron chi connectivity index (χ3n) is 8.04. The van der Waals surface area contributed by atoms with Crippen molar-refractivity contribution in [3.63, 3.8) is 0 Å². The number of aliphatic carboxylic acids is 1. The molecule has 0 radical (unpaired) electrons. The smallest absolute Gasteiger partial charge is 0.303 e. The van der Waals surface area contributed by atoms with Crippen molar-refractivity contribution in [3.05, 3.63) is 82.7 Å². The van der Waals surface area contributed by atoms with Gasteiger partial charge in [0.05, 0.1) is 17.9 Å². The summed E-state index contributed by atoms with van der Waals surface area (Å²) in [6.45, 7) is 4.35. The zero-order valence-electron chi connectivity index (χ0n) is 24.8. The minimum atomic E-state index is -3.06. The number of aliphatic hydroxyl groups is 1. The predicted molar refractivity (Wildman–Crippen MR) is 179 cm³/mol. The molecule has 0 unspecified atom stereocenters. The summed E-state index contributed by atoms with van der Waals surface area (Å²) in [6.07, 6.45) is 0.466. The maximum atomic E-state index is 11.7. The standard InChI is InChI=1S/C34H37O7S3/c1-3-42-20-26(18-33(35)36)25-5-7-27(8-6-25)40-19-24-4-11-32-30(17-24)31(21-43-32)29-10-9-28(16-23(29)2)41-22-34(37)12-14-44(38,39)15-13-34/h4-11,16-17,21,26,37,42H,12-15,18-20,22H2,1-2H3,(H,35,36)/q-1/t26-/m1/s1. The van der Waals surface area contributed by atoms with Gasteiger partial charge in [-0.15, -0.1) is 17.1 Å². The number of hydrogen-bond acceptors (Lipinski definition) is 8. The lowest BCUT2D eigenvalue weighted by molar-refractivity contribution is -0.137. The molecule has 2 heterocycles. The number of thiophene rings is 1. The van der Waals surface area contributed by atoms with Gasteiger partial charge in [0, 0.05) is 15.6 Å². The van der Waals surface area contributed by atoms with E-state index in [9.17, 15) is 23.4 Å². The highest BCUT2D eigenvalue weighted by Crippen LogP contribution is 2.38. The fourth-order valence-corrected chi connectivity index (χ4v) is 8.66. The fraction of sp³-hybridized carbons (Fsp3) is 0.353. The van der Waals surface area contributed by atoms with E-state index in [0.717, 1.165) is 55.9 Å². The Morgan fingerprint density at radius 3 is 2.43 bits per heavy atom. The van der Waals surface area contributed by atoms with Crippen LogP contribution in [0.4, 0.5) is 0 Å². The summed E-state index contributed by atoms with van der Waals surface area (Å²) >= 11 is 2.69. The molecule has 1 aromatic heterocycles. The molecule has 0 aliphatic carbocycles. The van der Waals surface area contributed by atoms with Gasteiger partial charge in [-0.2, -0.15) is 0 Å². The van der Waals surface area contributed by atoms with Gasteiger partial charge in [0.25, 0.3) is 0 Å². The van der Waals surface area contributed by atoms with Gasteiger partial charge in [-0.05, 0) is 96.6 Å². The molecule has 0 spiro atoms. The Hall–Kier alpha value is -3.27. The number of carbonyl (C=O) groups is 1. The molecule has 4 aromatic rings. The second kappa shape index (κ2) is 13.8. The zero-order valence-corrected chi connectivity index (χ0v) is 27.3. The van der Waals surface area contributed by atoms with Gasteiger partial charge in [-0.3, -0.25) is 4.79 Å². The Bertz CT molecular complexity index is 1800. The van der Waals surface area contributed by atoms with Gasteiger partial charge in [-0.25, -0.2) is 8.42 Å². The molecule has 2 N–H and O–H groups in total. The molecule has 1 aliphatic rings. The topological polar surface area (TPSA) is 110 Å². The van der Waals surface area contributed by atoms with E-state index in [4.69, 9.17) is 9.47 Å². The van der Waals surface area contributed by atoms with Crippen LogP contribution in [0.3, 0.4) is 0 Å². The number of benzene rings is 3. The Kier molecular flexibility index (Phi) is 10.1. The first kappa shape index (κ1) is 32.1. The van der Waals surface area contributed by atoms with Crippen molar-refractivity contribution in [2.24, 2.45) is 0 Å². The first-order valence-corrected chi connectivity index (χ1v) is 18.3. The SMILES string of the molecule is CC#[SH-]C[C@@H](CC(=O)O)c1ccc(OCc2ccc3scc(-c4ccc(OCC5(O)CCS(=O)(=O)CC5)cc4C)c3c2)cc1. The minimum Gasteiger partial charge on any atom is -0.491 e. The van der Waals surface area contributed by atoms with Crippen molar-refractivity contribution in [2.45, 2.75) is 51.2 Å². The molecule has 5 rings (SSSR count). The molecule has 3 aromatic carbocycles. The lowest BCUT2D eigenvalue weighted by Crippen LogP contribution is -2.43. The molecule has 1 aliphatic heterocycles. The molecule has 0 amide bonds. The predicted octanol–water partition coefficient (Wildman–Crippen LogP) is 6.13. The number of ether oxygens (including phenoxy) is 2. The summed E-state index contributed by atoms with van der Waals surface area (Å²) in [7, 11) is -3.06. The second-order valence-electron chi connectivity index (χ2n) is 11.3. The molecule has 1 atom stereocenters. The zero-order chi connectivity index (χ0) is 31.3. The van der Waals surface area contributed by atoms with E-state index < -0.39 is 21.4 Å². The van der Waals surface area contributed by atoms with E-state index in [2.05, 4.69) is 28.8 Å². The van der Waals surface area contributed by atoms with Crippen LogP contribution in [0.15, 0.2) is 66.0 Å². The third-order valence-corrected chi connectivity index (χ3v) is 11.6. The first-order valence-electron chi connectivity index (χ1n) is 14.5. The lowest BCUT2D eigenvalue weighted by atomic mass is 9.97. The largest absolute Gasteiger partial charge is 0.491 e. The Morgan fingerprint density at radius 2 is 1.75 bits per heavy atom. The molecule has 10 heteroatoms. The normalized spacial score (nSPS) is 16.2. The van der Waals surface area contributed by atoms with E-state index >= 15 is 0 Å². The van der Waals surface area contributed by atoms with E-state index in [1.165, 1.54) is 4.70 Å². The van der Waals surface area contributed by atoms with Crippen molar-refractivity contribution >= 4 is 48.4 Å². The van der Waals surface area contributed by atoms with Gasteiger partial charge in [0.1, 0.15) is 30.3 Å². The average Bonchev–Trinajstić information content (AvgIpc) is 3.42. The molecular weight excluding hydrogens is 617 g/mol. The number of aryl methyl sites for hydroxylation is 1. The van der Waals surface area contributed by atoms with Crippen LogP contribution >= 0.6 is 11.3 Å². The van der Waals surface area contributed by atoms with Crippen LogP contribution in [0.2, 0.25) is 0 Å². The van der Waals surface area contributed by atoms with E-state index in [-0.39, 0.29) is 43.3 Å². The molecule has 1 fully saturated rings. The second-order valence-corrected chi connectivity index (χ2v) is 15.7. The van der Waals surface area contributed by atoms with Crippen molar-refractivity contribution in [2.75, 3.05) is 23.9 Å². The van der Waals surface area contributed by atoms with Gasteiger partial charge >= 0.3 is 5.97 Å². The third kappa shape index (κ3) is 8.06. The molecule has 44 heavy (non-hydrogen) atoms. The fourth-order valence-electron chi connectivity index (χ4n) is 5.39. The van der Waals surface area contributed by atoms with Crippen molar-refractivity contribution in [1.29, 1.82) is 0 Å². The van der Waals surface area contributed by atoms with Crippen LogP contribution in [0.1, 0.15) is 48.8 Å². The molecule has 1 saturated heterocycles. The highest BCUT2D eigenvalue weighted by atomic mass is 32.2. The van der Waals surface area contributed by atoms with Gasteiger partial charge in [0.15, 0.2) is 9.84 Å².